The molecule has 0 aliphatic rings. The Balaban J connectivity index is -0.00000000970. The Kier molecular flexibility index (Phi) is 84.2. The smallest absolute Gasteiger partial charge is 0.822 e. The first-order chi connectivity index (χ1) is 4.00. The summed E-state index contributed by atoms with van der Waals surface area (Å²) in [4.78, 5) is 51.3. The Hall–Kier alpha value is 7.35. The van der Waals surface area contributed by atoms with E-state index in [9.17, 15) is 0 Å². The fraction of sp³-hybridized carbons (Fsp3) is 0. The molecule has 0 aromatic rings. The van der Waals surface area contributed by atoms with Crippen LogP contribution in [0.15, 0.2) is 0 Å². The first kappa shape index (κ1) is 49.5. The van der Waals surface area contributed by atoms with Gasteiger partial charge in [-0.3, -0.25) is 0 Å². The Morgan fingerprint density at radius 3 is 0.500 bits per heavy atom. The van der Waals surface area contributed by atoms with Crippen molar-refractivity contribution in [2.45, 2.75) is 0 Å². The number of phosphoric acid groups is 2. The van der Waals surface area contributed by atoms with E-state index in [1.54, 1.807) is 0 Å². The largest absolute Gasteiger partial charge is 1.00 e. The molecule has 8 nitrogen and oxygen atoms in total. The van der Waals surface area contributed by atoms with E-state index < -0.39 is 15.6 Å². The van der Waals surface area contributed by atoms with Gasteiger partial charge in [0.2, 0.25) is 0 Å². The molecule has 94 valence electrons. The van der Waals surface area contributed by atoms with Crippen molar-refractivity contribution in [1.29, 1.82) is 0 Å². The van der Waals surface area contributed by atoms with E-state index in [1.165, 1.54) is 0 Å². The van der Waals surface area contributed by atoms with Crippen molar-refractivity contribution >= 4 is 15.6 Å². The maximum atomic E-state index is 8.55. The van der Waals surface area contributed by atoms with E-state index in [-0.39, 0.29) is 221 Å². The predicted molar refractivity (Wildman–Crippen MR) is 15.2 cm³/mol. The van der Waals surface area contributed by atoms with Crippen molar-refractivity contribution < 1.29 is 260 Å². The summed E-state index contributed by atoms with van der Waals surface area (Å²) in [5.41, 5.74) is 0. The van der Waals surface area contributed by atoms with Crippen LogP contribution in [-0.2, 0) is 76.3 Å². The van der Waals surface area contributed by atoms with Crippen LogP contribution in [0.5, 0.6) is 0 Å². The minimum atomic E-state index is -5.39. The van der Waals surface area contributed by atoms with Crippen molar-refractivity contribution in [3.05, 3.63) is 0 Å². The third-order valence-corrected chi connectivity index (χ3v) is 0. The van der Waals surface area contributed by atoms with Crippen molar-refractivity contribution in [2.75, 3.05) is 0 Å². The molecule has 0 N–H and O–H groups in total. The van der Waals surface area contributed by atoms with Crippen LogP contribution in [0, 0.1) is 0 Å². The van der Waals surface area contributed by atoms with Gasteiger partial charge in [0, 0.05) is 0 Å². The van der Waals surface area contributed by atoms with E-state index >= 15 is 0 Å². The van der Waals surface area contributed by atoms with Crippen LogP contribution >= 0.6 is 15.6 Å². The van der Waals surface area contributed by atoms with Gasteiger partial charge in [-0.25, -0.2) is 0 Å². The van der Waals surface area contributed by atoms with Crippen molar-refractivity contribution in [3.63, 3.8) is 0 Å². The molecule has 0 amide bonds. The summed E-state index contributed by atoms with van der Waals surface area (Å²) in [5, 5.41) is 0. The molecule has 0 saturated carbocycles. The van der Waals surface area contributed by atoms with E-state index in [0.29, 0.717) is 0 Å². The second-order valence-corrected chi connectivity index (χ2v) is 2.68. The van der Waals surface area contributed by atoms with Crippen molar-refractivity contribution in [1.82, 2.24) is 0 Å². The van der Waals surface area contributed by atoms with Crippen LogP contribution in [0.4, 0.5) is 0 Å². The SMILES string of the molecule is O=P([O-])([O-])[O-].O=P([O-])([O-])[O-].[Ag+].[Ag+].[Ag+].[K+].[K+].[K+]. The maximum absolute atomic E-state index is 8.55. The Morgan fingerprint density at radius 2 is 0.500 bits per heavy atom. The standard InChI is InChI=1S/3Ag.3K.2H3O4P/c;;;;;;2*1-5(2,3)4/h;;;;;;2*(H3,1,2,3,4)/q6*+1;;/p-6. The van der Waals surface area contributed by atoms with Crippen molar-refractivity contribution in [2.24, 2.45) is 0 Å². The van der Waals surface area contributed by atoms with Gasteiger partial charge >= 0.3 is 221 Å². The summed E-state index contributed by atoms with van der Waals surface area (Å²) in [5.74, 6) is 0. The zero-order valence-corrected chi connectivity index (χ0v) is 23.7. The quantitative estimate of drug-likeness (QED) is 0.188. The molecule has 0 aliphatic heterocycles. The third-order valence-electron chi connectivity index (χ3n) is 0. The molecule has 0 rings (SSSR count). The van der Waals surface area contributed by atoms with Gasteiger partial charge in [0.25, 0.3) is 0 Å². The predicted octanol–water partition coefficient (Wildman–Crippen LogP) is -14.6. The summed E-state index contributed by atoms with van der Waals surface area (Å²) >= 11 is 0. The third kappa shape index (κ3) is 164. The van der Waals surface area contributed by atoms with Crippen LogP contribution < -0.4 is 184 Å². The summed E-state index contributed by atoms with van der Waals surface area (Å²) < 4.78 is 17.1. The first-order valence-electron chi connectivity index (χ1n) is 1.46. The molecule has 0 spiro atoms. The van der Waals surface area contributed by atoms with Gasteiger partial charge in [0.05, 0.1) is 0 Å². The Morgan fingerprint density at radius 1 is 0.500 bits per heavy atom. The molecule has 16 heavy (non-hydrogen) atoms. The van der Waals surface area contributed by atoms with Crippen LogP contribution in [0.1, 0.15) is 0 Å². The molecular weight excluding hydrogens is 631 g/mol. The number of hydrogen-bond donors (Lipinski definition) is 0. The first-order valence-corrected chi connectivity index (χ1v) is 4.38. The summed E-state index contributed by atoms with van der Waals surface area (Å²) in [6.07, 6.45) is 0. The van der Waals surface area contributed by atoms with Crippen LogP contribution in [0.3, 0.4) is 0 Å². The molecule has 0 aliphatic carbocycles. The van der Waals surface area contributed by atoms with Gasteiger partial charge in [-0.05, 0) is 0 Å². The van der Waals surface area contributed by atoms with Gasteiger partial charge in [-0.1, -0.05) is 0 Å². The molecule has 0 atom stereocenters. The minimum Gasteiger partial charge on any atom is -0.822 e. The van der Waals surface area contributed by atoms with Gasteiger partial charge in [-0.15, -0.1) is 0 Å². The molecule has 0 saturated heterocycles. The average molecular weight is 631 g/mol. The Labute approximate surface area is 267 Å². The zero-order chi connectivity index (χ0) is 9.00. The fourth-order valence-corrected chi connectivity index (χ4v) is 0. The monoisotopic (exact) mass is 628 g/mol. The van der Waals surface area contributed by atoms with E-state index in [0.717, 1.165) is 0 Å². The summed E-state index contributed by atoms with van der Waals surface area (Å²) in [7, 11) is -10.8. The van der Waals surface area contributed by atoms with E-state index in [2.05, 4.69) is 0 Å². The molecule has 0 heterocycles. The van der Waals surface area contributed by atoms with Crippen molar-refractivity contribution in [3.8, 4) is 0 Å². The van der Waals surface area contributed by atoms with Crippen LogP contribution in [0.25, 0.3) is 0 Å². The van der Waals surface area contributed by atoms with Gasteiger partial charge in [-0.2, -0.15) is 15.6 Å². The molecule has 0 aromatic heterocycles. The van der Waals surface area contributed by atoms with Gasteiger partial charge in [0.15, 0.2) is 0 Å². The molecule has 16 heteroatoms. The summed E-state index contributed by atoms with van der Waals surface area (Å²) in [6, 6.07) is 0. The number of hydrogen-bond acceptors (Lipinski definition) is 8. The van der Waals surface area contributed by atoms with Crippen LogP contribution in [-0.4, -0.2) is 0 Å². The van der Waals surface area contributed by atoms with E-state index in [4.69, 9.17) is 38.5 Å². The second-order valence-electron chi connectivity index (χ2n) is 0.894. The molecular formula is Ag3K3O8P2. The summed E-state index contributed by atoms with van der Waals surface area (Å²) in [6.45, 7) is 0. The van der Waals surface area contributed by atoms with E-state index in [1.807, 2.05) is 0 Å². The second kappa shape index (κ2) is 27.2. The Bertz CT molecular complexity index is 141. The van der Waals surface area contributed by atoms with Gasteiger partial charge < -0.3 is 38.5 Å². The molecule has 0 unspecified atom stereocenters. The molecule has 0 bridgehead atoms. The van der Waals surface area contributed by atoms with Gasteiger partial charge in [0.1, 0.15) is 0 Å². The normalized spacial score (nSPS) is 7.38. The average Bonchev–Trinajstić information content (AvgIpc) is 1.12. The molecule has 0 aromatic carbocycles. The topological polar surface area (TPSA) is 172 Å². The zero-order valence-electron chi connectivity index (χ0n) is 8.06. The number of rotatable bonds is 0. The minimum absolute atomic E-state index is 0. The van der Waals surface area contributed by atoms with Crippen LogP contribution in [0.2, 0.25) is 0 Å². The molecule has 0 radical (unpaired) electrons. The fourth-order valence-electron chi connectivity index (χ4n) is 0. The maximum Gasteiger partial charge on any atom is 1.00 e. The molecule has 0 fully saturated rings.